The first-order valence-corrected chi connectivity index (χ1v) is 11.3. The molecule has 1 aliphatic heterocycles. The van der Waals surface area contributed by atoms with E-state index in [0.717, 1.165) is 0 Å². The van der Waals surface area contributed by atoms with Gasteiger partial charge in [-0.1, -0.05) is 30.3 Å². The third-order valence-corrected chi connectivity index (χ3v) is 6.21. The highest BCUT2D eigenvalue weighted by atomic mass is 19.1. The van der Waals surface area contributed by atoms with Gasteiger partial charge in [0, 0.05) is 17.7 Å². The van der Waals surface area contributed by atoms with Crippen LogP contribution in [0.25, 0.3) is 11.1 Å². The summed E-state index contributed by atoms with van der Waals surface area (Å²) in [5, 5.41) is 10.8. The standard InChI is InChI=1S/C27H25F2NO6/c1-16(26(31)32)17-7-10-25(34-2)21(13-17)19-8-9-24(29)20-11-12-30(14-22(19)20)36-27(33)35-15-18-5-3-4-6-23(18)28/h3-10,13,16H,11-12,14-15H2,1-2H3,(H,31,32). The van der Waals surface area contributed by atoms with Gasteiger partial charge >= 0.3 is 12.1 Å². The Hall–Kier alpha value is -3.98. The molecule has 7 nitrogen and oxygen atoms in total. The van der Waals surface area contributed by atoms with E-state index in [1.807, 2.05) is 0 Å². The molecular weight excluding hydrogens is 472 g/mol. The summed E-state index contributed by atoms with van der Waals surface area (Å²) in [4.78, 5) is 29.1. The van der Waals surface area contributed by atoms with Crippen LogP contribution in [-0.4, -0.2) is 35.9 Å². The topological polar surface area (TPSA) is 85.3 Å². The van der Waals surface area contributed by atoms with Crippen LogP contribution in [-0.2, 0) is 33.9 Å². The summed E-state index contributed by atoms with van der Waals surface area (Å²) in [6.45, 7) is 1.59. The fourth-order valence-electron chi connectivity index (χ4n) is 4.17. The van der Waals surface area contributed by atoms with E-state index < -0.39 is 23.9 Å². The van der Waals surface area contributed by atoms with Crippen LogP contribution >= 0.6 is 0 Å². The second kappa shape index (κ2) is 10.7. The highest BCUT2D eigenvalue weighted by molar-refractivity contribution is 5.80. The highest BCUT2D eigenvalue weighted by Gasteiger charge is 2.27. The third-order valence-electron chi connectivity index (χ3n) is 6.21. The lowest BCUT2D eigenvalue weighted by molar-refractivity contribution is -0.139. The quantitative estimate of drug-likeness (QED) is 0.434. The number of fused-ring (bicyclic) bond motifs is 1. The van der Waals surface area contributed by atoms with E-state index in [2.05, 4.69) is 0 Å². The average molecular weight is 497 g/mol. The van der Waals surface area contributed by atoms with Crippen LogP contribution in [0.2, 0.25) is 0 Å². The van der Waals surface area contributed by atoms with Crippen LogP contribution in [0.15, 0.2) is 54.6 Å². The van der Waals surface area contributed by atoms with Gasteiger partial charge in [-0.3, -0.25) is 4.79 Å². The van der Waals surface area contributed by atoms with Gasteiger partial charge in [-0.2, -0.15) is 0 Å². The number of hydrogen-bond donors (Lipinski definition) is 1. The molecule has 0 fully saturated rings. The molecule has 0 spiro atoms. The van der Waals surface area contributed by atoms with Gasteiger partial charge in [0.2, 0.25) is 0 Å². The van der Waals surface area contributed by atoms with Crippen LogP contribution in [0.4, 0.5) is 13.6 Å². The molecule has 1 heterocycles. The molecule has 0 saturated carbocycles. The smallest absolute Gasteiger partial charge is 0.496 e. The van der Waals surface area contributed by atoms with Gasteiger partial charge in [-0.25, -0.2) is 13.6 Å². The van der Waals surface area contributed by atoms with Crippen molar-refractivity contribution in [2.45, 2.75) is 32.4 Å². The zero-order chi connectivity index (χ0) is 25.8. The molecule has 0 bridgehead atoms. The summed E-state index contributed by atoms with van der Waals surface area (Å²) >= 11 is 0. The second-order valence-corrected chi connectivity index (χ2v) is 8.41. The number of ether oxygens (including phenoxy) is 2. The van der Waals surface area contributed by atoms with Crippen LogP contribution < -0.4 is 4.74 Å². The molecule has 3 aromatic carbocycles. The molecule has 1 unspecified atom stereocenters. The van der Waals surface area contributed by atoms with Crippen molar-refractivity contribution < 1.29 is 37.8 Å². The first-order valence-electron chi connectivity index (χ1n) is 11.3. The number of nitrogens with zero attached hydrogens (tertiary/aromatic N) is 1. The Balaban J connectivity index is 1.58. The normalized spacial score (nSPS) is 14.0. The Morgan fingerprint density at radius 1 is 1.03 bits per heavy atom. The van der Waals surface area contributed by atoms with Gasteiger partial charge in [0.05, 0.1) is 19.6 Å². The highest BCUT2D eigenvalue weighted by Crippen LogP contribution is 2.38. The monoisotopic (exact) mass is 497 g/mol. The maximum absolute atomic E-state index is 14.7. The number of benzene rings is 3. The van der Waals surface area contributed by atoms with Gasteiger partial charge in [0.1, 0.15) is 24.0 Å². The second-order valence-electron chi connectivity index (χ2n) is 8.41. The van der Waals surface area contributed by atoms with Gasteiger partial charge in [0.15, 0.2) is 0 Å². The summed E-state index contributed by atoms with van der Waals surface area (Å²) in [7, 11) is 1.50. The van der Waals surface area contributed by atoms with E-state index in [1.165, 1.54) is 36.4 Å². The average Bonchev–Trinajstić information content (AvgIpc) is 2.87. The lowest BCUT2D eigenvalue weighted by Crippen LogP contribution is -2.34. The Bertz CT molecular complexity index is 1300. The van der Waals surface area contributed by atoms with Crippen LogP contribution in [0.1, 0.15) is 35.1 Å². The molecular formula is C27H25F2NO6. The number of carbonyl (C=O) groups is 2. The molecule has 188 valence electrons. The summed E-state index contributed by atoms with van der Waals surface area (Å²) in [6, 6.07) is 14.0. The summed E-state index contributed by atoms with van der Waals surface area (Å²) in [5.41, 5.74) is 3.08. The lowest BCUT2D eigenvalue weighted by atomic mass is 9.89. The number of methoxy groups -OCH3 is 1. The maximum Gasteiger partial charge on any atom is 0.528 e. The maximum atomic E-state index is 14.7. The number of carbonyl (C=O) groups excluding carboxylic acids is 1. The molecule has 0 aromatic heterocycles. The minimum Gasteiger partial charge on any atom is -0.496 e. The van der Waals surface area contributed by atoms with E-state index in [1.54, 1.807) is 37.3 Å². The Morgan fingerprint density at radius 2 is 1.81 bits per heavy atom. The minimum atomic E-state index is -1.01. The van der Waals surface area contributed by atoms with Crippen molar-refractivity contribution in [3.05, 3.63) is 88.5 Å². The van der Waals surface area contributed by atoms with E-state index in [0.29, 0.717) is 33.6 Å². The van der Waals surface area contributed by atoms with Crippen LogP contribution in [0.3, 0.4) is 0 Å². The Labute approximate surface area is 206 Å². The molecule has 1 atom stereocenters. The molecule has 0 radical (unpaired) electrons. The van der Waals surface area contributed by atoms with Crippen molar-refractivity contribution in [1.29, 1.82) is 0 Å². The van der Waals surface area contributed by atoms with Crippen molar-refractivity contribution in [1.82, 2.24) is 5.06 Å². The van der Waals surface area contributed by atoms with Crippen molar-refractivity contribution in [2.75, 3.05) is 13.7 Å². The van der Waals surface area contributed by atoms with Crippen molar-refractivity contribution in [2.24, 2.45) is 0 Å². The number of carboxylic acid groups (broad SMARTS) is 1. The van der Waals surface area contributed by atoms with Gasteiger partial charge in [0.25, 0.3) is 0 Å². The molecule has 0 amide bonds. The molecule has 1 N–H and O–H groups in total. The molecule has 4 rings (SSSR count). The first kappa shape index (κ1) is 25.1. The largest absolute Gasteiger partial charge is 0.528 e. The summed E-state index contributed by atoms with van der Waals surface area (Å²) < 4.78 is 39.0. The van der Waals surface area contributed by atoms with Crippen molar-refractivity contribution in [3.8, 4) is 16.9 Å². The van der Waals surface area contributed by atoms with Crippen LogP contribution in [0.5, 0.6) is 5.75 Å². The molecule has 36 heavy (non-hydrogen) atoms. The lowest BCUT2D eigenvalue weighted by Gasteiger charge is -2.29. The zero-order valence-corrected chi connectivity index (χ0v) is 19.8. The third kappa shape index (κ3) is 5.31. The van der Waals surface area contributed by atoms with E-state index in [9.17, 15) is 23.5 Å². The minimum absolute atomic E-state index is 0.0685. The molecule has 0 saturated heterocycles. The molecule has 0 aliphatic carbocycles. The number of halogens is 2. The van der Waals surface area contributed by atoms with Gasteiger partial charge < -0.3 is 19.4 Å². The summed E-state index contributed by atoms with van der Waals surface area (Å²) in [5.74, 6) is -2.11. The Morgan fingerprint density at radius 3 is 2.53 bits per heavy atom. The number of carboxylic acids is 1. The van der Waals surface area contributed by atoms with Gasteiger partial charge in [-0.05, 0) is 59.9 Å². The zero-order valence-electron chi connectivity index (χ0n) is 19.8. The van der Waals surface area contributed by atoms with E-state index in [4.69, 9.17) is 14.3 Å². The van der Waals surface area contributed by atoms with Gasteiger partial charge in [-0.15, -0.1) is 5.06 Å². The van der Waals surface area contributed by atoms with Crippen LogP contribution in [0, 0.1) is 11.6 Å². The number of rotatable bonds is 7. The molecule has 9 heteroatoms. The number of aliphatic carboxylic acids is 1. The number of hydrogen-bond acceptors (Lipinski definition) is 6. The van der Waals surface area contributed by atoms with Crippen molar-refractivity contribution >= 4 is 12.1 Å². The first-order chi connectivity index (χ1) is 17.3. The molecule has 1 aliphatic rings. The SMILES string of the molecule is COc1ccc(C(C)C(=O)O)cc1-c1ccc(F)c2c1CN(OC(=O)OCc1ccccc1F)CC2. The van der Waals surface area contributed by atoms with E-state index in [-0.39, 0.29) is 37.5 Å². The van der Waals surface area contributed by atoms with E-state index >= 15 is 0 Å². The fourth-order valence-corrected chi connectivity index (χ4v) is 4.17. The fraction of sp³-hybridized carbons (Fsp3) is 0.259. The predicted octanol–water partition coefficient (Wildman–Crippen LogP) is 5.46. The van der Waals surface area contributed by atoms with Crippen molar-refractivity contribution in [3.63, 3.8) is 0 Å². The summed E-state index contributed by atoms with van der Waals surface area (Å²) in [6.07, 6.45) is -0.738. The molecule has 3 aromatic rings. The number of hydroxylamine groups is 2. The Kier molecular flexibility index (Phi) is 7.49. The predicted molar refractivity (Wildman–Crippen MR) is 126 cm³/mol.